The Kier molecular flexibility index (Phi) is 3.89. The molecular weight excluding hydrogens is 200 g/mol. The van der Waals surface area contributed by atoms with Crippen molar-refractivity contribution in [3.8, 4) is 0 Å². The molecule has 1 aromatic rings. The Hall–Kier alpha value is -1.12. The molecular formula is C13H22N2O. The van der Waals surface area contributed by atoms with Crippen molar-refractivity contribution >= 4 is 5.78 Å². The van der Waals surface area contributed by atoms with Gasteiger partial charge in [-0.3, -0.25) is 9.48 Å². The molecule has 90 valence electrons. The maximum atomic E-state index is 11.9. The molecule has 0 saturated heterocycles. The Balaban J connectivity index is 2.52. The fourth-order valence-corrected chi connectivity index (χ4v) is 2.12. The number of Topliss-reactive ketones (excluding diaryl/α,β-unsaturated/α-hetero) is 1. The van der Waals surface area contributed by atoms with E-state index in [2.05, 4.69) is 32.8 Å². The number of nitrogens with zero attached hydrogens (tertiary/aromatic N) is 2. The van der Waals surface area contributed by atoms with Crippen molar-refractivity contribution in [1.29, 1.82) is 0 Å². The lowest BCUT2D eigenvalue weighted by atomic mass is 9.83. The third kappa shape index (κ3) is 4.17. The lowest BCUT2D eigenvalue weighted by Gasteiger charge is -2.22. The number of hydrogen-bond donors (Lipinski definition) is 0. The van der Waals surface area contributed by atoms with E-state index in [1.807, 2.05) is 7.05 Å². The third-order valence-electron chi connectivity index (χ3n) is 2.52. The summed E-state index contributed by atoms with van der Waals surface area (Å²) in [6.45, 7) is 8.76. The Bertz CT molecular complexity index is 360. The molecule has 0 aromatic carbocycles. The number of rotatable bonds is 4. The molecule has 0 saturated carbocycles. The number of carbonyl (C=O) groups excluding carboxylic acids is 1. The minimum Gasteiger partial charge on any atom is -0.294 e. The fraction of sp³-hybridized carbons (Fsp3) is 0.692. The number of aromatic nitrogens is 2. The molecule has 0 amide bonds. The van der Waals surface area contributed by atoms with Crippen LogP contribution in [-0.2, 0) is 7.05 Å². The highest BCUT2D eigenvalue weighted by molar-refractivity contribution is 5.95. The van der Waals surface area contributed by atoms with Crippen LogP contribution in [0.1, 0.15) is 50.9 Å². The van der Waals surface area contributed by atoms with Crippen LogP contribution in [0.2, 0.25) is 0 Å². The van der Waals surface area contributed by atoms with Crippen LogP contribution in [-0.4, -0.2) is 15.6 Å². The van der Waals surface area contributed by atoms with Gasteiger partial charge in [0, 0.05) is 19.7 Å². The molecule has 0 N–H and O–H groups in total. The van der Waals surface area contributed by atoms with Gasteiger partial charge in [0.05, 0.1) is 11.8 Å². The normalized spacial score (nSPS) is 13.8. The molecule has 0 aliphatic heterocycles. The van der Waals surface area contributed by atoms with Crippen molar-refractivity contribution in [3.05, 3.63) is 18.0 Å². The summed E-state index contributed by atoms with van der Waals surface area (Å²) in [5.41, 5.74) is 1.01. The first kappa shape index (κ1) is 12.9. The maximum absolute atomic E-state index is 11.9. The molecule has 0 bridgehead atoms. The van der Waals surface area contributed by atoms with Crippen molar-refractivity contribution in [2.75, 3.05) is 0 Å². The van der Waals surface area contributed by atoms with Gasteiger partial charge < -0.3 is 0 Å². The van der Waals surface area contributed by atoms with Crippen molar-refractivity contribution in [1.82, 2.24) is 9.78 Å². The Morgan fingerprint density at radius 2 is 2.12 bits per heavy atom. The van der Waals surface area contributed by atoms with Crippen LogP contribution in [0.25, 0.3) is 0 Å². The molecule has 0 aliphatic rings. The lowest BCUT2D eigenvalue weighted by molar-refractivity contribution is 0.0954. The molecule has 1 rings (SSSR count). The van der Waals surface area contributed by atoms with E-state index in [0.29, 0.717) is 12.3 Å². The minimum atomic E-state index is 0.199. The highest BCUT2D eigenvalue weighted by atomic mass is 16.1. The number of carbonyl (C=O) groups is 1. The van der Waals surface area contributed by atoms with Crippen LogP contribution in [0, 0.1) is 11.3 Å². The van der Waals surface area contributed by atoms with Gasteiger partial charge in [-0.25, -0.2) is 0 Å². The molecule has 1 aromatic heterocycles. The van der Waals surface area contributed by atoms with Crippen molar-refractivity contribution in [2.45, 2.75) is 40.5 Å². The lowest BCUT2D eigenvalue weighted by Crippen LogP contribution is -2.14. The molecule has 0 aliphatic carbocycles. The molecule has 0 fully saturated rings. The van der Waals surface area contributed by atoms with Gasteiger partial charge in [-0.05, 0) is 17.8 Å². The number of hydrogen-bond acceptors (Lipinski definition) is 2. The van der Waals surface area contributed by atoms with Gasteiger partial charge in [0.25, 0.3) is 0 Å². The predicted octanol–water partition coefficient (Wildman–Crippen LogP) is 3.07. The molecule has 0 spiro atoms. The Labute approximate surface area is 97.8 Å². The average Bonchev–Trinajstić information content (AvgIpc) is 2.47. The van der Waals surface area contributed by atoms with Gasteiger partial charge in [-0.1, -0.05) is 27.7 Å². The van der Waals surface area contributed by atoms with Crippen LogP contribution < -0.4 is 0 Å². The van der Waals surface area contributed by atoms with E-state index in [0.717, 1.165) is 12.0 Å². The second-order valence-corrected chi connectivity index (χ2v) is 5.90. The van der Waals surface area contributed by atoms with E-state index in [4.69, 9.17) is 0 Å². The zero-order valence-corrected chi connectivity index (χ0v) is 10.9. The molecule has 16 heavy (non-hydrogen) atoms. The average molecular weight is 222 g/mol. The first-order valence-corrected chi connectivity index (χ1v) is 5.80. The van der Waals surface area contributed by atoms with Gasteiger partial charge in [-0.2, -0.15) is 5.10 Å². The number of aryl methyl sites for hydroxylation is 1. The maximum Gasteiger partial charge on any atom is 0.166 e. The standard InChI is InChI=1S/C13H22N2O/c1-10(7-13(2,3)4)6-12(16)11-8-14-15(5)9-11/h8-10H,6-7H2,1-5H3. The summed E-state index contributed by atoms with van der Waals surface area (Å²) < 4.78 is 1.67. The zero-order chi connectivity index (χ0) is 12.3. The molecule has 1 heterocycles. The second-order valence-electron chi connectivity index (χ2n) is 5.90. The van der Waals surface area contributed by atoms with E-state index in [-0.39, 0.29) is 11.2 Å². The van der Waals surface area contributed by atoms with Gasteiger partial charge in [0.15, 0.2) is 5.78 Å². The van der Waals surface area contributed by atoms with Crippen molar-refractivity contribution in [2.24, 2.45) is 18.4 Å². The van der Waals surface area contributed by atoms with E-state index in [1.165, 1.54) is 0 Å². The summed E-state index contributed by atoms with van der Waals surface area (Å²) in [7, 11) is 1.83. The second kappa shape index (κ2) is 4.81. The van der Waals surface area contributed by atoms with E-state index >= 15 is 0 Å². The topological polar surface area (TPSA) is 34.9 Å². The summed E-state index contributed by atoms with van der Waals surface area (Å²) in [4.78, 5) is 11.9. The van der Waals surface area contributed by atoms with Crippen LogP contribution in [0.5, 0.6) is 0 Å². The van der Waals surface area contributed by atoms with Gasteiger partial charge in [-0.15, -0.1) is 0 Å². The summed E-state index contributed by atoms with van der Waals surface area (Å²) in [5, 5.41) is 4.02. The quantitative estimate of drug-likeness (QED) is 0.734. The molecule has 1 atom stereocenters. The number of ketones is 1. The third-order valence-corrected chi connectivity index (χ3v) is 2.52. The summed E-state index contributed by atoms with van der Waals surface area (Å²) >= 11 is 0. The van der Waals surface area contributed by atoms with Crippen LogP contribution in [0.4, 0.5) is 0 Å². The first-order chi connectivity index (χ1) is 7.28. The minimum absolute atomic E-state index is 0.199. The van der Waals surface area contributed by atoms with Crippen molar-refractivity contribution < 1.29 is 4.79 Å². The van der Waals surface area contributed by atoms with Gasteiger partial charge >= 0.3 is 0 Å². The Morgan fingerprint density at radius 3 is 2.56 bits per heavy atom. The largest absolute Gasteiger partial charge is 0.294 e. The monoisotopic (exact) mass is 222 g/mol. The Morgan fingerprint density at radius 1 is 1.50 bits per heavy atom. The first-order valence-electron chi connectivity index (χ1n) is 5.80. The predicted molar refractivity (Wildman–Crippen MR) is 65.4 cm³/mol. The van der Waals surface area contributed by atoms with Gasteiger partial charge in [0.1, 0.15) is 0 Å². The highest BCUT2D eigenvalue weighted by Crippen LogP contribution is 2.26. The van der Waals surface area contributed by atoms with Crippen LogP contribution >= 0.6 is 0 Å². The fourth-order valence-electron chi connectivity index (χ4n) is 2.12. The molecule has 3 heteroatoms. The van der Waals surface area contributed by atoms with Crippen LogP contribution in [0.3, 0.4) is 0 Å². The van der Waals surface area contributed by atoms with Gasteiger partial charge in [0.2, 0.25) is 0 Å². The van der Waals surface area contributed by atoms with Crippen molar-refractivity contribution in [3.63, 3.8) is 0 Å². The summed E-state index contributed by atoms with van der Waals surface area (Å²) in [6, 6.07) is 0. The molecule has 0 radical (unpaired) electrons. The van der Waals surface area contributed by atoms with E-state index in [9.17, 15) is 4.79 Å². The molecule has 3 nitrogen and oxygen atoms in total. The summed E-state index contributed by atoms with van der Waals surface area (Å²) in [5.74, 6) is 0.623. The highest BCUT2D eigenvalue weighted by Gasteiger charge is 2.18. The van der Waals surface area contributed by atoms with E-state index < -0.39 is 0 Å². The zero-order valence-electron chi connectivity index (χ0n) is 10.9. The molecule has 1 unspecified atom stereocenters. The summed E-state index contributed by atoms with van der Waals surface area (Å²) in [6.07, 6.45) is 5.11. The SMILES string of the molecule is CC(CC(=O)c1cnn(C)c1)CC(C)(C)C. The van der Waals surface area contributed by atoms with E-state index in [1.54, 1.807) is 17.1 Å². The smallest absolute Gasteiger partial charge is 0.166 e. The van der Waals surface area contributed by atoms with Crippen LogP contribution in [0.15, 0.2) is 12.4 Å².